The van der Waals surface area contributed by atoms with E-state index in [-0.39, 0.29) is 11.7 Å². The van der Waals surface area contributed by atoms with Crippen molar-refractivity contribution in [3.63, 3.8) is 0 Å². The van der Waals surface area contributed by atoms with Gasteiger partial charge in [0.2, 0.25) is 5.91 Å². The summed E-state index contributed by atoms with van der Waals surface area (Å²) in [5.74, 6) is 0.110. The number of nitrogens with one attached hydrogen (secondary N) is 1. The van der Waals surface area contributed by atoms with Crippen LogP contribution in [-0.4, -0.2) is 24.1 Å². The highest BCUT2D eigenvalue weighted by atomic mass is 16.3. The lowest BCUT2D eigenvalue weighted by atomic mass is 10.0. The molecule has 0 aliphatic rings. The van der Waals surface area contributed by atoms with Crippen molar-refractivity contribution in [2.24, 2.45) is 0 Å². The highest BCUT2D eigenvalue weighted by molar-refractivity contribution is 5.92. The van der Waals surface area contributed by atoms with Crippen LogP contribution in [0.3, 0.4) is 0 Å². The van der Waals surface area contributed by atoms with Gasteiger partial charge in [-0.3, -0.25) is 4.79 Å². The Morgan fingerprint density at radius 2 is 1.77 bits per heavy atom. The topological polar surface area (TPSA) is 52.6 Å². The van der Waals surface area contributed by atoms with Crippen LogP contribution < -0.4 is 10.2 Å². The second-order valence-electron chi connectivity index (χ2n) is 5.11. The predicted molar refractivity (Wildman–Crippen MR) is 91.4 cm³/mol. The molecule has 2 aromatic rings. The summed E-state index contributed by atoms with van der Waals surface area (Å²) >= 11 is 0. The van der Waals surface area contributed by atoms with E-state index in [1.807, 2.05) is 50.2 Å². The van der Waals surface area contributed by atoms with Crippen LogP contribution in [0, 0.1) is 0 Å². The number of aromatic hydroxyl groups is 1. The van der Waals surface area contributed by atoms with Gasteiger partial charge in [0.05, 0.1) is 5.69 Å². The molecule has 0 saturated carbocycles. The molecule has 4 nitrogen and oxygen atoms in total. The van der Waals surface area contributed by atoms with Gasteiger partial charge in [-0.15, -0.1) is 0 Å². The largest absolute Gasteiger partial charge is 0.505 e. The number of phenols is 1. The number of rotatable bonds is 5. The van der Waals surface area contributed by atoms with E-state index < -0.39 is 0 Å². The zero-order valence-electron chi connectivity index (χ0n) is 13.3. The molecular formula is C18H22N2O2. The number of phenolic OH excluding ortho intramolecular Hbond substituents is 1. The fraction of sp³-hybridized carbons (Fsp3) is 0.278. The predicted octanol–water partition coefficient (Wildman–Crippen LogP) is 3.86. The maximum Gasteiger partial charge on any atom is 0.221 e. The van der Waals surface area contributed by atoms with E-state index in [1.165, 1.54) is 6.92 Å². The van der Waals surface area contributed by atoms with Gasteiger partial charge in [-0.25, -0.2) is 0 Å². The molecule has 0 saturated heterocycles. The molecule has 0 atom stereocenters. The highest BCUT2D eigenvalue weighted by Gasteiger charge is 2.15. The van der Waals surface area contributed by atoms with E-state index >= 15 is 0 Å². The maximum atomic E-state index is 11.4. The number of carbonyl (C=O) groups is 1. The average Bonchev–Trinajstić information content (AvgIpc) is 2.51. The van der Waals surface area contributed by atoms with Crippen molar-refractivity contribution in [1.29, 1.82) is 0 Å². The summed E-state index contributed by atoms with van der Waals surface area (Å²) < 4.78 is 0. The smallest absolute Gasteiger partial charge is 0.221 e. The minimum Gasteiger partial charge on any atom is -0.505 e. The van der Waals surface area contributed by atoms with Gasteiger partial charge in [0.25, 0.3) is 0 Å². The minimum absolute atomic E-state index is 0.129. The van der Waals surface area contributed by atoms with Crippen LogP contribution >= 0.6 is 0 Å². The van der Waals surface area contributed by atoms with Crippen LogP contribution in [0.1, 0.15) is 20.8 Å². The quantitative estimate of drug-likeness (QED) is 0.824. The molecule has 2 aromatic carbocycles. The van der Waals surface area contributed by atoms with Gasteiger partial charge in [0, 0.05) is 31.3 Å². The second-order valence-corrected chi connectivity index (χ2v) is 5.11. The van der Waals surface area contributed by atoms with Crippen molar-refractivity contribution in [3.8, 4) is 16.9 Å². The fourth-order valence-corrected chi connectivity index (χ4v) is 2.54. The van der Waals surface area contributed by atoms with Crippen molar-refractivity contribution >= 4 is 17.3 Å². The Morgan fingerprint density at radius 1 is 1.14 bits per heavy atom. The highest BCUT2D eigenvalue weighted by Crippen LogP contribution is 2.40. The summed E-state index contributed by atoms with van der Waals surface area (Å²) in [5, 5.41) is 13.5. The number of anilines is 2. The monoisotopic (exact) mass is 298 g/mol. The third-order valence-electron chi connectivity index (χ3n) is 3.60. The molecule has 0 aliphatic heterocycles. The lowest BCUT2D eigenvalue weighted by Crippen LogP contribution is -2.22. The van der Waals surface area contributed by atoms with E-state index in [0.717, 1.165) is 24.3 Å². The van der Waals surface area contributed by atoms with Crippen molar-refractivity contribution in [2.75, 3.05) is 23.3 Å². The Bertz CT molecular complexity index is 650. The first-order chi connectivity index (χ1) is 10.6. The van der Waals surface area contributed by atoms with Crippen molar-refractivity contribution < 1.29 is 9.90 Å². The third-order valence-corrected chi connectivity index (χ3v) is 3.60. The Kier molecular flexibility index (Phi) is 5.04. The number of nitrogens with zero attached hydrogens (tertiary/aromatic N) is 1. The van der Waals surface area contributed by atoms with Crippen LogP contribution in [0.2, 0.25) is 0 Å². The first-order valence-electron chi connectivity index (χ1n) is 7.51. The Labute approximate surface area is 131 Å². The number of amides is 1. The van der Waals surface area contributed by atoms with Crippen LogP contribution in [0.4, 0.5) is 11.4 Å². The number of hydrogen-bond donors (Lipinski definition) is 2. The van der Waals surface area contributed by atoms with Gasteiger partial charge in [0.15, 0.2) is 0 Å². The van der Waals surface area contributed by atoms with Crippen molar-refractivity contribution in [3.05, 3.63) is 42.5 Å². The average molecular weight is 298 g/mol. The van der Waals surface area contributed by atoms with Gasteiger partial charge in [-0.1, -0.05) is 30.3 Å². The van der Waals surface area contributed by atoms with E-state index in [0.29, 0.717) is 11.3 Å². The molecule has 2 rings (SSSR count). The molecule has 0 spiro atoms. The lowest BCUT2D eigenvalue weighted by molar-refractivity contribution is -0.114. The Hall–Kier alpha value is -2.49. The zero-order valence-corrected chi connectivity index (χ0v) is 13.3. The van der Waals surface area contributed by atoms with Gasteiger partial charge in [-0.05, 0) is 31.5 Å². The van der Waals surface area contributed by atoms with Crippen LogP contribution in [0.25, 0.3) is 11.1 Å². The van der Waals surface area contributed by atoms with E-state index in [2.05, 4.69) is 10.2 Å². The van der Waals surface area contributed by atoms with Gasteiger partial charge in [-0.2, -0.15) is 0 Å². The molecule has 1 amide bonds. The van der Waals surface area contributed by atoms with E-state index in [4.69, 9.17) is 0 Å². The Balaban J connectivity index is 2.61. The molecule has 4 heteroatoms. The van der Waals surface area contributed by atoms with E-state index in [1.54, 1.807) is 6.07 Å². The van der Waals surface area contributed by atoms with Crippen LogP contribution in [-0.2, 0) is 4.79 Å². The van der Waals surface area contributed by atoms with Gasteiger partial charge >= 0.3 is 0 Å². The molecule has 0 radical (unpaired) electrons. The lowest BCUT2D eigenvalue weighted by Gasteiger charge is -2.24. The summed E-state index contributed by atoms with van der Waals surface area (Å²) in [6.07, 6.45) is 0. The number of benzene rings is 2. The fourth-order valence-electron chi connectivity index (χ4n) is 2.54. The van der Waals surface area contributed by atoms with Crippen LogP contribution in [0.5, 0.6) is 5.75 Å². The summed E-state index contributed by atoms with van der Waals surface area (Å²) in [6.45, 7) is 7.11. The van der Waals surface area contributed by atoms with E-state index in [9.17, 15) is 9.90 Å². The first-order valence-corrected chi connectivity index (χ1v) is 7.51. The molecule has 0 aromatic heterocycles. The molecule has 0 fully saturated rings. The molecule has 0 aliphatic carbocycles. The summed E-state index contributed by atoms with van der Waals surface area (Å²) in [7, 11) is 0. The third kappa shape index (κ3) is 3.39. The Morgan fingerprint density at radius 3 is 2.32 bits per heavy atom. The molecule has 0 bridgehead atoms. The number of carbonyl (C=O) groups excluding carboxylic acids is 1. The summed E-state index contributed by atoms with van der Waals surface area (Å²) in [6, 6.07) is 13.3. The summed E-state index contributed by atoms with van der Waals surface area (Å²) in [5.41, 5.74) is 3.05. The maximum absolute atomic E-state index is 11.4. The van der Waals surface area contributed by atoms with Gasteiger partial charge in [0.1, 0.15) is 5.75 Å². The molecule has 116 valence electrons. The molecular weight excluding hydrogens is 276 g/mol. The van der Waals surface area contributed by atoms with Crippen molar-refractivity contribution in [1.82, 2.24) is 0 Å². The van der Waals surface area contributed by atoms with Crippen LogP contribution in [0.15, 0.2) is 42.5 Å². The first kappa shape index (κ1) is 15.9. The standard InChI is InChI=1S/C18H22N2O2/c1-4-20(5-2)17-12-15(19-13(3)21)11-16(18(17)22)14-9-7-6-8-10-14/h6-12,22H,4-5H2,1-3H3,(H,19,21). The zero-order chi connectivity index (χ0) is 16.1. The minimum atomic E-state index is -0.129. The SMILES string of the molecule is CCN(CC)c1cc(NC(C)=O)cc(-c2ccccc2)c1O. The van der Waals surface area contributed by atoms with Crippen molar-refractivity contribution in [2.45, 2.75) is 20.8 Å². The normalized spacial score (nSPS) is 10.3. The molecule has 0 heterocycles. The second kappa shape index (κ2) is 6.98. The number of hydrogen-bond acceptors (Lipinski definition) is 3. The summed E-state index contributed by atoms with van der Waals surface area (Å²) in [4.78, 5) is 13.4. The molecule has 2 N–H and O–H groups in total. The van der Waals surface area contributed by atoms with Gasteiger partial charge < -0.3 is 15.3 Å². The molecule has 0 unspecified atom stereocenters. The molecule has 22 heavy (non-hydrogen) atoms.